The molecule has 0 spiro atoms. The molecule has 5 aromatic heterocycles. The summed E-state index contributed by atoms with van der Waals surface area (Å²) in [4.78, 5) is 24.6. The van der Waals surface area contributed by atoms with Gasteiger partial charge < -0.3 is 9.67 Å². The van der Waals surface area contributed by atoms with Crippen molar-refractivity contribution >= 4 is 65.4 Å². The number of nitrogens with zero attached hydrogens (tertiary/aromatic N) is 6. The van der Waals surface area contributed by atoms with Crippen molar-refractivity contribution in [2.24, 2.45) is 0 Å². The molecule has 14 rings (SSSR count). The number of fused-ring (bicyclic) bond motifs is 9. The van der Waals surface area contributed by atoms with Crippen molar-refractivity contribution in [3.63, 3.8) is 0 Å². The second-order valence-corrected chi connectivity index (χ2v) is 17.9. The van der Waals surface area contributed by atoms with Crippen molar-refractivity contribution in [2.45, 2.75) is 0 Å². The third-order valence-corrected chi connectivity index (χ3v) is 13.7. The van der Waals surface area contributed by atoms with Crippen molar-refractivity contribution in [3.8, 4) is 73.8 Å². The molecule has 9 heteroatoms. The summed E-state index contributed by atoms with van der Waals surface area (Å²) in [6, 6.07) is 78.9. The van der Waals surface area contributed by atoms with Crippen LogP contribution in [0.2, 0.25) is 0 Å². The fourth-order valence-electron chi connectivity index (χ4n) is 10.4. The second kappa shape index (κ2) is 17.3. The number of hydrogen-bond donors (Lipinski definition) is 0. The van der Waals surface area contributed by atoms with Crippen LogP contribution in [-0.4, -0.2) is 29.1 Å². The molecular weight excluding hydrogens is 878 g/mol. The molecule has 72 heavy (non-hydrogen) atoms. The van der Waals surface area contributed by atoms with Gasteiger partial charge >= 0.3 is 18.9 Å². The Morgan fingerprint density at radius 1 is 0.389 bits per heavy atom. The molecule has 1 N–H and O–H groups in total. The summed E-state index contributed by atoms with van der Waals surface area (Å²) in [5, 5.41) is 19.5. The monoisotopic (exact) mass is 916 g/mol. The third kappa shape index (κ3) is 7.04. The maximum absolute atomic E-state index is 12.8. The molecule has 8 nitrogen and oxygen atoms in total. The summed E-state index contributed by atoms with van der Waals surface area (Å²) in [7, 11) is 0. The largest absolute Gasteiger partial charge is 1.00 e. The minimum atomic E-state index is -0.0359. The average Bonchev–Trinajstić information content (AvgIpc) is 3.96. The van der Waals surface area contributed by atoms with Crippen LogP contribution in [0.15, 0.2) is 231 Å². The van der Waals surface area contributed by atoms with E-state index in [-0.39, 0.29) is 24.6 Å². The van der Waals surface area contributed by atoms with E-state index in [0.717, 1.165) is 94.0 Å². The number of hydrogen-bond acceptors (Lipinski definition) is 5. The summed E-state index contributed by atoms with van der Waals surface area (Å²) < 4.78 is 4.55. The molecule has 332 valence electrons. The Labute approximate surface area is 425 Å². The molecule has 0 saturated heterocycles. The Morgan fingerprint density at radius 3 is 1.83 bits per heavy atom. The van der Waals surface area contributed by atoms with Gasteiger partial charge in [-0.05, 0) is 77.9 Å². The molecule has 0 aliphatic carbocycles. The van der Waals surface area contributed by atoms with Crippen LogP contribution >= 0.6 is 0 Å². The van der Waals surface area contributed by atoms with E-state index >= 15 is 0 Å². The summed E-state index contributed by atoms with van der Waals surface area (Å²) in [6.45, 7) is 0. The topological polar surface area (TPSA) is 98.6 Å². The maximum Gasteiger partial charge on any atom is 1.00 e. The molecule has 9 aromatic carbocycles. The van der Waals surface area contributed by atoms with Gasteiger partial charge in [-0.3, -0.25) is 4.57 Å². The molecule has 5 heterocycles. The Morgan fingerprint density at radius 2 is 1.00 bits per heavy atom. The number of aromatic nitrogens is 7. The normalized spacial score (nSPS) is 11.6. The van der Waals surface area contributed by atoms with Crippen LogP contribution in [0.4, 0.5) is 0 Å². The van der Waals surface area contributed by atoms with Gasteiger partial charge in [0.2, 0.25) is 17.2 Å². The first-order valence-electron chi connectivity index (χ1n) is 23.7. The predicted octanol–water partition coefficient (Wildman–Crippen LogP) is 11.0. The fourth-order valence-corrected chi connectivity index (χ4v) is 10.4. The first-order valence-corrected chi connectivity index (χ1v) is 23.7. The van der Waals surface area contributed by atoms with E-state index in [4.69, 9.17) is 19.9 Å². The first kappa shape index (κ1) is 42.9. The molecule has 0 amide bonds. The number of H-pyrrole nitrogens is 1. The number of para-hydroxylation sites is 4. The van der Waals surface area contributed by atoms with Crippen LogP contribution < -0.4 is 29.0 Å². The van der Waals surface area contributed by atoms with E-state index in [2.05, 4.69) is 160 Å². The van der Waals surface area contributed by atoms with Crippen LogP contribution in [-0.2, 0) is 0 Å². The molecule has 0 saturated carbocycles. The fraction of sp³-hybridized carbons (Fsp3) is 0. The Kier molecular flexibility index (Phi) is 10.3. The number of rotatable bonds is 7. The predicted molar refractivity (Wildman–Crippen MR) is 284 cm³/mol. The van der Waals surface area contributed by atoms with E-state index in [0.29, 0.717) is 23.2 Å². The van der Waals surface area contributed by atoms with E-state index in [1.54, 1.807) is 12.1 Å². The second-order valence-electron chi connectivity index (χ2n) is 17.9. The van der Waals surface area contributed by atoms with Gasteiger partial charge in [0.25, 0.3) is 0 Å². The Balaban J connectivity index is 0.00000504. The van der Waals surface area contributed by atoms with Gasteiger partial charge in [-0.25, -0.2) is 15.0 Å². The zero-order valence-corrected chi connectivity index (χ0v) is 39.0. The number of pyridine rings is 2. The standard InChI is InChI=1S/C63H39N7O.Li/c71-57-28-12-9-22-49(57)52-36-33-40-30-29-39-32-35-51(64-59(39)60(40)65-52)43-17-13-18-44(37-43)62-66-61(41-15-3-1-4-16-41)67-63(68-62)70-54-26-11-8-23-50(54)58-46(24-14-27-55(58)70)42-31-34-48-47-21-7-10-25-53(47)69(56(48)38-42)45-19-5-2-6-20-45;/h1-38,71H;/q;+1. The SMILES string of the molecule is [Li+].[O-]c1ccccc1-c1ccc2ccc3ccc(-c4cccc(-c5nc(-c6ccccc6)nc(-n6c7ccccc7c7c(-c8ccc9c%10ccccc%10n(-c%10ccccc%10)c9c8)cccc76)n5)c4)nc3c2[nH+]1. The van der Waals surface area contributed by atoms with Crippen LogP contribution in [0, 0.1) is 0 Å². The van der Waals surface area contributed by atoms with Crippen molar-refractivity contribution in [2.75, 3.05) is 0 Å². The zero-order valence-electron chi connectivity index (χ0n) is 39.0. The minimum Gasteiger partial charge on any atom is -0.872 e. The summed E-state index contributed by atoms with van der Waals surface area (Å²) in [5.41, 5.74) is 14.1. The number of aromatic amines is 1. The van der Waals surface area contributed by atoms with Crippen molar-refractivity contribution in [1.29, 1.82) is 0 Å². The van der Waals surface area contributed by atoms with Gasteiger partial charge in [0.05, 0.1) is 27.8 Å². The molecule has 0 aliphatic rings. The molecule has 0 fully saturated rings. The van der Waals surface area contributed by atoms with E-state index in [9.17, 15) is 5.11 Å². The smallest absolute Gasteiger partial charge is 0.872 e. The first-order chi connectivity index (χ1) is 35.1. The van der Waals surface area contributed by atoms with Crippen molar-refractivity contribution < 1.29 is 29.0 Å². The van der Waals surface area contributed by atoms with Crippen LogP contribution in [0.5, 0.6) is 5.75 Å². The van der Waals surface area contributed by atoms with Gasteiger partial charge in [-0.15, -0.1) is 0 Å². The molecule has 0 radical (unpaired) electrons. The zero-order chi connectivity index (χ0) is 47.0. The van der Waals surface area contributed by atoms with E-state index in [1.165, 1.54) is 16.3 Å². The van der Waals surface area contributed by atoms with E-state index in [1.807, 2.05) is 72.8 Å². The summed E-state index contributed by atoms with van der Waals surface area (Å²) in [5.74, 6) is 1.59. The van der Waals surface area contributed by atoms with Gasteiger partial charge in [0, 0.05) is 66.3 Å². The molecular formula is C63H39LiN7O+. The van der Waals surface area contributed by atoms with Crippen LogP contribution in [0.3, 0.4) is 0 Å². The minimum absolute atomic E-state index is 0. The average molecular weight is 917 g/mol. The summed E-state index contributed by atoms with van der Waals surface area (Å²) >= 11 is 0. The van der Waals surface area contributed by atoms with Gasteiger partial charge in [0.15, 0.2) is 11.6 Å². The number of benzene rings is 9. The Hall–Kier alpha value is -9.19. The van der Waals surface area contributed by atoms with Crippen LogP contribution in [0.25, 0.3) is 133 Å². The Bertz CT molecular complexity index is 4430. The third-order valence-electron chi connectivity index (χ3n) is 13.7. The quantitative estimate of drug-likeness (QED) is 0.117. The van der Waals surface area contributed by atoms with Gasteiger partial charge in [-0.1, -0.05) is 163 Å². The number of nitrogens with one attached hydrogen (secondary N) is 1. The van der Waals surface area contributed by atoms with Crippen molar-refractivity contribution in [1.82, 2.24) is 29.1 Å². The molecule has 0 atom stereocenters. The van der Waals surface area contributed by atoms with Crippen LogP contribution in [0.1, 0.15) is 0 Å². The van der Waals surface area contributed by atoms with Crippen molar-refractivity contribution in [3.05, 3.63) is 231 Å². The maximum atomic E-state index is 12.8. The van der Waals surface area contributed by atoms with Gasteiger partial charge in [-0.2, -0.15) is 9.97 Å². The molecule has 0 unspecified atom stereocenters. The molecule has 0 bridgehead atoms. The summed E-state index contributed by atoms with van der Waals surface area (Å²) in [6.07, 6.45) is 0. The molecule has 14 aromatic rings. The van der Waals surface area contributed by atoms with Gasteiger partial charge in [0.1, 0.15) is 5.52 Å². The van der Waals surface area contributed by atoms with E-state index < -0.39 is 0 Å². The molecule has 0 aliphatic heterocycles.